The van der Waals surface area contributed by atoms with E-state index in [2.05, 4.69) is 10.3 Å². The molecule has 4 rings (SSSR count). The number of nitrogens with one attached hydrogen (secondary N) is 2. The Hall–Kier alpha value is -2.86. The number of aliphatic hydroxyl groups excluding tert-OH is 1. The van der Waals surface area contributed by atoms with Gasteiger partial charge in [-0.3, -0.25) is 4.79 Å². The van der Waals surface area contributed by atoms with E-state index in [1.165, 1.54) is 24.3 Å². The van der Waals surface area contributed by atoms with Gasteiger partial charge in [0.05, 0.1) is 12.6 Å². The van der Waals surface area contributed by atoms with Crippen LogP contribution in [-0.4, -0.2) is 21.1 Å². The Balaban J connectivity index is 1.97. The van der Waals surface area contributed by atoms with Crippen LogP contribution in [0.1, 0.15) is 33.2 Å². The molecule has 0 radical (unpaired) electrons. The lowest BCUT2D eigenvalue weighted by Crippen LogP contribution is -2.20. The summed E-state index contributed by atoms with van der Waals surface area (Å²) in [6.07, 6.45) is 0. The molecule has 2 aromatic carbocycles. The third-order valence-electron chi connectivity index (χ3n) is 4.20. The monoisotopic (exact) mass is 312 g/mol. The van der Waals surface area contributed by atoms with E-state index in [1.54, 1.807) is 12.1 Å². The number of phenols is 1. The number of H-pyrrole nitrogens is 1. The van der Waals surface area contributed by atoms with Crippen molar-refractivity contribution in [2.45, 2.75) is 12.6 Å². The summed E-state index contributed by atoms with van der Waals surface area (Å²) in [6, 6.07) is 8.33. The van der Waals surface area contributed by atoms with Crippen LogP contribution in [0.5, 0.6) is 5.75 Å². The fraction of sp³-hybridized carbons (Fsp3) is 0.118. The highest BCUT2D eigenvalue weighted by atomic mass is 19.1. The zero-order valence-electron chi connectivity index (χ0n) is 11.9. The van der Waals surface area contributed by atoms with Gasteiger partial charge in [-0.2, -0.15) is 0 Å². The van der Waals surface area contributed by atoms with Gasteiger partial charge in [-0.15, -0.1) is 0 Å². The summed E-state index contributed by atoms with van der Waals surface area (Å²) >= 11 is 0. The number of carbonyl (C=O) groups excluding carboxylic acids is 1. The van der Waals surface area contributed by atoms with E-state index in [0.717, 1.165) is 5.39 Å². The molecule has 116 valence electrons. The van der Waals surface area contributed by atoms with Crippen LogP contribution in [0.3, 0.4) is 0 Å². The first-order chi connectivity index (χ1) is 11.1. The van der Waals surface area contributed by atoms with Crippen molar-refractivity contribution < 1.29 is 19.4 Å². The van der Waals surface area contributed by atoms with Crippen LogP contribution >= 0.6 is 0 Å². The number of halogens is 1. The van der Waals surface area contributed by atoms with Gasteiger partial charge in [0.15, 0.2) is 0 Å². The van der Waals surface area contributed by atoms with Crippen molar-refractivity contribution in [2.75, 3.05) is 0 Å². The van der Waals surface area contributed by atoms with Crippen molar-refractivity contribution in [3.63, 3.8) is 0 Å². The maximum Gasteiger partial charge on any atom is 0.252 e. The predicted molar refractivity (Wildman–Crippen MR) is 81.6 cm³/mol. The van der Waals surface area contributed by atoms with Gasteiger partial charge in [-0.25, -0.2) is 4.39 Å². The first kappa shape index (κ1) is 13.8. The third-order valence-corrected chi connectivity index (χ3v) is 4.20. The molecule has 1 aromatic heterocycles. The van der Waals surface area contributed by atoms with E-state index in [0.29, 0.717) is 27.9 Å². The number of aromatic amines is 1. The normalized spacial score (nSPS) is 16.6. The van der Waals surface area contributed by atoms with Crippen molar-refractivity contribution >= 4 is 16.8 Å². The number of aliphatic hydroxyl groups is 1. The average molecular weight is 312 g/mol. The van der Waals surface area contributed by atoms with E-state index in [9.17, 15) is 19.4 Å². The van der Waals surface area contributed by atoms with Crippen LogP contribution in [0.15, 0.2) is 36.4 Å². The Labute approximate surface area is 130 Å². The van der Waals surface area contributed by atoms with Gasteiger partial charge in [0.2, 0.25) is 0 Å². The van der Waals surface area contributed by atoms with Crippen molar-refractivity contribution in [1.82, 2.24) is 10.3 Å². The molecule has 0 aliphatic carbocycles. The summed E-state index contributed by atoms with van der Waals surface area (Å²) < 4.78 is 13.4. The number of amides is 1. The van der Waals surface area contributed by atoms with Gasteiger partial charge in [0.1, 0.15) is 11.6 Å². The number of fused-ring (bicyclic) bond motifs is 2. The first-order valence-corrected chi connectivity index (χ1v) is 7.13. The van der Waals surface area contributed by atoms with Gasteiger partial charge in [0, 0.05) is 27.7 Å². The number of hydrogen-bond donors (Lipinski definition) is 4. The molecule has 0 spiro atoms. The molecule has 1 aliphatic rings. The highest BCUT2D eigenvalue weighted by Crippen LogP contribution is 2.38. The number of aromatic hydroxyl groups is 1. The Morgan fingerprint density at radius 1 is 1.17 bits per heavy atom. The van der Waals surface area contributed by atoms with Crippen LogP contribution in [0.25, 0.3) is 10.9 Å². The zero-order valence-corrected chi connectivity index (χ0v) is 11.9. The Kier molecular flexibility index (Phi) is 2.89. The largest absolute Gasteiger partial charge is 0.508 e. The molecule has 23 heavy (non-hydrogen) atoms. The van der Waals surface area contributed by atoms with Crippen LogP contribution in [0.2, 0.25) is 0 Å². The molecule has 3 aromatic rings. The van der Waals surface area contributed by atoms with Crippen molar-refractivity contribution in [1.29, 1.82) is 0 Å². The minimum atomic E-state index is -0.508. The molecule has 1 unspecified atom stereocenters. The minimum absolute atomic E-state index is 0.0571. The van der Waals surface area contributed by atoms with E-state index in [4.69, 9.17) is 0 Å². The third kappa shape index (κ3) is 1.99. The van der Waals surface area contributed by atoms with Gasteiger partial charge in [-0.05, 0) is 42.0 Å². The van der Waals surface area contributed by atoms with Crippen LogP contribution in [0, 0.1) is 5.82 Å². The second kappa shape index (κ2) is 4.82. The summed E-state index contributed by atoms with van der Waals surface area (Å²) in [6.45, 7) is -0.272. The molecule has 4 N–H and O–H groups in total. The van der Waals surface area contributed by atoms with E-state index in [-0.39, 0.29) is 24.1 Å². The molecule has 6 heteroatoms. The molecule has 1 amide bonds. The number of phenolic OH excluding ortho intramolecular Hbond substituents is 1. The van der Waals surface area contributed by atoms with Crippen LogP contribution in [-0.2, 0) is 6.61 Å². The van der Waals surface area contributed by atoms with Crippen LogP contribution in [0.4, 0.5) is 4.39 Å². The molecular formula is C17H13FN2O3. The van der Waals surface area contributed by atoms with Gasteiger partial charge < -0.3 is 20.5 Å². The number of benzene rings is 2. The summed E-state index contributed by atoms with van der Waals surface area (Å²) in [5.41, 5.74) is 2.85. The van der Waals surface area contributed by atoms with E-state index in [1.807, 2.05) is 0 Å². The Morgan fingerprint density at radius 2 is 2.00 bits per heavy atom. The molecule has 5 nitrogen and oxygen atoms in total. The van der Waals surface area contributed by atoms with Crippen molar-refractivity contribution in [3.8, 4) is 5.75 Å². The smallest absolute Gasteiger partial charge is 0.252 e. The molecule has 2 heterocycles. The SMILES string of the molecule is O=C1NC(c2c(CO)[nH]c3cc(F)ccc23)c2cc(O)ccc21. The number of carbonyl (C=O) groups is 1. The van der Waals surface area contributed by atoms with Gasteiger partial charge in [-0.1, -0.05) is 0 Å². The van der Waals surface area contributed by atoms with Crippen LogP contribution < -0.4 is 5.32 Å². The number of aromatic nitrogens is 1. The lowest BCUT2D eigenvalue weighted by Gasteiger charge is -2.13. The number of rotatable bonds is 2. The molecule has 0 bridgehead atoms. The molecule has 0 saturated carbocycles. The van der Waals surface area contributed by atoms with Gasteiger partial charge in [0.25, 0.3) is 5.91 Å². The fourth-order valence-electron chi connectivity index (χ4n) is 3.21. The predicted octanol–water partition coefficient (Wildman–Crippen LogP) is 2.34. The second-order valence-electron chi connectivity index (χ2n) is 5.54. The highest BCUT2D eigenvalue weighted by Gasteiger charge is 2.33. The van der Waals surface area contributed by atoms with Crippen molar-refractivity contribution in [2.24, 2.45) is 0 Å². The van der Waals surface area contributed by atoms with E-state index >= 15 is 0 Å². The lowest BCUT2D eigenvalue weighted by atomic mass is 9.95. The average Bonchev–Trinajstić information content (AvgIpc) is 3.04. The highest BCUT2D eigenvalue weighted by molar-refractivity contribution is 6.01. The topological polar surface area (TPSA) is 85.4 Å². The van der Waals surface area contributed by atoms with Gasteiger partial charge >= 0.3 is 0 Å². The maximum absolute atomic E-state index is 13.4. The lowest BCUT2D eigenvalue weighted by molar-refractivity contribution is 0.0960. The zero-order chi connectivity index (χ0) is 16.1. The molecule has 1 atom stereocenters. The van der Waals surface area contributed by atoms with Crippen molar-refractivity contribution in [3.05, 3.63) is 64.6 Å². The standard InChI is InChI=1S/C17H13FN2O3/c18-8-1-3-11-13(5-8)19-14(7-21)15(11)16-12-6-9(22)2-4-10(12)17(23)20-16/h1-6,16,19,21-22H,7H2,(H,20,23). The second-order valence-corrected chi connectivity index (χ2v) is 5.54. The number of hydrogen-bond acceptors (Lipinski definition) is 3. The maximum atomic E-state index is 13.4. The first-order valence-electron chi connectivity index (χ1n) is 7.13. The molecule has 0 saturated heterocycles. The summed E-state index contributed by atoms with van der Waals surface area (Å²) in [5.74, 6) is -0.574. The molecule has 1 aliphatic heterocycles. The summed E-state index contributed by atoms with van der Waals surface area (Å²) in [4.78, 5) is 15.1. The quantitative estimate of drug-likeness (QED) is 0.586. The fourth-order valence-corrected chi connectivity index (χ4v) is 3.21. The van der Waals surface area contributed by atoms with E-state index < -0.39 is 6.04 Å². The summed E-state index contributed by atoms with van der Waals surface area (Å²) in [7, 11) is 0. The Bertz CT molecular complexity index is 948. The Morgan fingerprint density at radius 3 is 2.78 bits per heavy atom. The summed E-state index contributed by atoms with van der Waals surface area (Å²) in [5, 5.41) is 22.9. The minimum Gasteiger partial charge on any atom is -0.508 e. The molecule has 0 fully saturated rings. The molecular weight excluding hydrogens is 299 g/mol.